The molecule has 0 aromatic heterocycles. The number of carbonyl (C=O) groups excluding carboxylic acids is 1. The number of para-hydroxylation sites is 2. The van der Waals surface area contributed by atoms with Crippen LogP contribution in [0.15, 0.2) is 24.3 Å². The van der Waals surface area contributed by atoms with Gasteiger partial charge in [0, 0.05) is 4.92 Å². The number of rotatable bonds is 7. The molecular weight excluding hydrogens is 240 g/mol. The molecule has 0 radical (unpaired) electrons. The lowest BCUT2D eigenvalue weighted by Crippen LogP contribution is -2.32. The van der Waals surface area contributed by atoms with E-state index in [1.54, 1.807) is 18.2 Å². The highest BCUT2D eigenvalue weighted by Gasteiger charge is 2.08. The lowest BCUT2D eigenvalue weighted by atomic mass is 10.3. The smallest absolute Gasteiger partial charge is 0.291 e. The van der Waals surface area contributed by atoms with Crippen LogP contribution in [0.25, 0.3) is 0 Å². The van der Waals surface area contributed by atoms with E-state index < -0.39 is 17.4 Å². The van der Waals surface area contributed by atoms with E-state index in [1.165, 1.54) is 7.11 Å². The van der Waals surface area contributed by atoms with Crippen molar-refractivity contribution in [3.63, 3.8) is 0 Å². The van der Waals surface area contributed by atoms with Gasteiger partial charge in [-0.25, -0.2) is 0 Å². The molecule has 0 spiro atoms. The molecule has 0 fully saturated rings. The van der Waals surface area contributed by atoms with E-state index in [-0.39, 0.29) is 13.2 Å². The third-order valence-electron chi connectivity index (χ3n) is 2.02. The van der Waals surface area contributed by atoms with Gasteiger partial charge in [-0.1, -0.05) is 12.1 Å². The number of methoxy groups -OCH3 is 1. The fourth-order valence-corrected chi connectivity index (χ4v) is 1.26. The maximum Gasteiger partial charge on any atom is 0.291 e. The summed E-state index contributed by atoms with van der Waals surface area (Å²) in [6.07, 6.45) is 0. The van der Waals surface area contributed by atoms with Crippen LogP contribution in [0.1, 0.15) is 0 Å². The lowest BCUT2D eigenvalue weighted by Gasteiger charge is -2.10. The minimum Gasteiger partial charge on any atom is -0.493 e. The molecule has 0 aliphatic rings. The Kier molecular flexibility index (Phi) is 5.43. The molecule has 98 valence electrons. The topological polar surface area (TPSA) is 90.7 Å². The predicted octanol–water partition coefficient (Wildman–Crippen LogP) is 0.467. The molecule has 0 heterocycles. The first kappa shape index (κ1) is 13.8. The van der Waals surface area contributed by atoms with Crippen LogP contribution in [0.3, 0.4) is 0 Å². The summed E-state index contributed by atoms with van der Waals surface area (Å²) in [7, 11) is 1.53. The first-order valence-electron chi connectivity index (χ1n) is 5.28. The second-order valence-electron chi connectivity index (χ2n) is 3.34. The molecule has 7 nitrogen and oxygen atoms in total. The second-order valence-corrected chi connectivity index (χ2v) is 3.34. The fourth-order valence-electron chi connectivity index (χ4n) is 1.26. The summed E-state index contributed by atoms with van der Waals surface area (Å²) < 4.78 is 10.4. The predicted molar refractivity (Wildman–Crippen MR) is 63.4 cm³/mol. The third-order valence-corrected chi connectivity index (χ3v) is 2.02. The third kappa shape index (κ3) is 4.69. The first-order valence-corrected chi connectivity index (χ1v) is 5.28. The van der Waals surface area contributed by atoms with Gasteiger partial charge in [0.25, 0.3) is 12.5 Å². The van der Waals surface area contributed by atoms with Crippen molar-refractivity contribution in [1.82, 2.24) is 5.32 Å². The van der Waals surface area contributed by atoms with Crippen LogP contribution < -0.4 is 14.8 Å². The van der Waals surface area contributed by atoms with Gasteiger partial charge in [-0.2, -0.15) is 0 Å². The Hall–Kier alpha value is -2.31. The van der Waals surface area contributed by atoms with Crippen molar-refractivity contribution >= 4 is 5.91 Å². The van der Waals surface area contributed by atoms with Crippen molar-refractivity contribution in [2.24, 2.45) is 0 Å². The van der Waals surface area contributed by atoms with Gasteiger partial charge in [0.1, 0.15) is 6.61 Å². The number of ether oxygens (including phenoxy) is 2. The van der Waals surface area contributed by atoms with Crippen LogP contribution in [0.5, 0.6) is 11.5 Å². The molecule has 0 saturated carbocycles. The number of hydrogen-bond acceptors (Lipinski definition) is 5. The Labute approximate surface area is 104 Å². The number of nitrogens with one attached hydrogen (secondary N) is 1. The van der Waals surface area contributed by atoms with Gasteiger partial charge < -0.3 is 14.8 Å². The molecule has 0 aliphatic heterocycles. The van der Waals surface area contributed by atoms with Gasteiger partial charge in [-0.05, 0) is 12.1 Å². The van der Waals surface area contributed by atoms with Crippen molar-refractivity contribution in [3.8, 4) is 11.5 Å². The van der Waals surface area contributed by atoms with Gasteiger partial charge in [0.2, 0.25) is 0 Å². The van der Waals surface area contributed by atoms with Crippen LogP contribution in [0.4, 0.5) is 0 Å². The van der Waals surface area contributed by atoms with Gasteiger partial charge >= 0.3 is 0 Å². The first-order chi connectivity index (χ1) is 8.63. The highest BCUT2D eigenvalue weighted by molar-refractivity contribution is 5.76. The van der Waals surface area contributed by atoms with Crippen LogP contribution in [-0.2, 0) is 4.79 Å². The number of carbonyl (C=O) groups is 1. The van der Waals surface area contributed by atoms with E-state index in [4.69, 9.17) is 9.47 Å². The minimum absolute atomic E-state index is 0.199. The Bertz CT molecular complexity index is 422. The number of amides is 1. The highest BCUT2D eigenvalue weighted by atomic mass is 16.6. The lowest BCUT2D eigenvalue weighted by molar-refractivity contribution is -0.467. The number of hydrogen-bond donors (Lipinski definition) is 1. The maximum absolute atomic E-state index is 11.0. The average Bonchev–Trinajstić information content (AvgIpc) is 2.34. The normalized spacial score (nSPS) is 9.61. The van der Waals surface area contributed by atoms with Crippen molar-refractivity contribution in [2.75, 3.05) is 26.8 Å². The van der Waals surface area contributed by atoms with Gasteiger partial charge in [-0.3, -0.25) is 14.9 Å². The van der Waals surface area contributed by atoms with Gasteiger partial charge in [-0.15, -0.1) is 0 Å². The zero-order valence-electron chi connectivity index (χ0n) is 9.92. The summed E-state index contributed by atoms with van der Waals surface area (Å²) in [4.78, 5) is 20.3. The molecule has 1 aromatic rings. The standard InChI is InChI=1S/C11H14N2O5/c1-17-9-4-2-3-5-10(9)18-7-6-12-11(14)8-13(15)16/h2-5H,6-8H2,1H3,(H,12,14). The van der Waals surface area contributed by atoms with Crippen LogP contribution in [0.2, 0.25) is 0 Å². The molecule has 7 heteroatoms. The summed E-state index contributed by atoms with van der Waals surface area (Å²) in [6.45, 7) is -0.316. The summed E-state index contributed by atoms with van der Waals surface area (Å²) in [6, 6.07) is 7.09. The van der Waals surface area contributed by atoms with E-state index in [0.717, 1.165) is 0 Å². The van der Waals surface area contributed by atoms with Crippen molar-refractivity contribution in [3.05, 3.63) is 34.4 Å². The molecule has 1 rings (SSSR count). The highest BCUT2D eigenvalue weighted by Crippen LogP contribution is 2.25. The monoisotopic (exact) mass is 254 g/mol. The van der Waals surface area contributed by atoms with Crippen molar-refractivity contribution in [1.29, 1.82) is 0 Å². The summed E-state index contributed by atoms with van der Waals surface area (Å²) >= 11 is 0. The average molecular weight is 254 g/mol. The van der Waals surface area contributed by atoms with E-state index in [1.807, 2.05) is 6.07 Å². The molecular formula is C11H14N2O5. The number of nitro groups is 1. The second kappa shape index (κ2) is 7.10. The molecule has 1 amide bonds. The van der Waals surface area contributed by atoms with E-state index in [9.17, 15) is 14.9 Å². The quantitative estimate of drug-likeness (QED) is 0.434. The van der Waals surface area contributed by atoms with E-state index in [2.05, 4.69) is 5.32 Å². The Balaban J connectivity index is 2.29. The number of nitrogens with zero attached hydrogens (tertiary/aromatic N) is 1. The van der Waals surface area contributed by atoms with Crippen molar-refractivity contribution in [2.45, 2.75) is 0 Å². The van der Waals surface area contributed by atoms with E-state index >= 15 is 0 Å². The Morgan fingerprint density at radius 1 is 1.39 bits per heavy atom. The Morgan fingerprint density at radius 2 is 2.06 bits per heavy atom. The van der Waals surface area contributed by atoms with Crippen molar-refractivity contribution < 1.29 is 19.2 Å². The van der Waals surface area contributed by atoms with Gasteiger partial charge in [0.05, 0.1) is 13.7 Å². The Morgan fingerprint density at radius 3 is 2.67 bits per heavy atom. The molecule has 0 unspecified atom stereocenters. The van der Waals surface area contributed by atoms with Crippen LogP contribution in [-0.4, -0.2) is 37.6 Å². The zero-order chi connectivity index (χ0) is 13.4. The summed E-state index contributed by atoms with van der Waals surface area (Å²) in [5.41, 5.74) is 0. The van der Waals surface area contributed by atoms with Crippen LogP contribution in [0, 0.1) is 10.1 Å². The summed E-state index contributed by atoms with van der Waals surface area (Å²) in [5.74, 6) is 0.515. The van der Waals surface area contributed by atoms with E-state index in [0.29, 0.717) is 11.5 Å². The fraction of sp³-hybridized carbons (Fsp3) is 0.364. The molecule has 18 heavy (non-hydrogen) atoms. The molecule has 0 saturated heterocycles. The molecule has 0 aliphatic carbocycles. The minimum atomic E-state index is -0.728. The number of benzene rings is 1. The maximum atomic E-state index is 11.0. The SMILES string of the molecule is COc1ccccc1OCCNC(=O)C[N+](=O)[O-]. The van der Waals surface area contributed by atoms with Crippen LogP contribution >= 0.6 is 0 Å². The largest absolute Gasteiger partial charge is 0.493 e. The molecule has 1 N–H and O–H groups in total. The summed E-state index contributed by atoms with van der Waals surface area (Å²) in [5, 5.41) is 12.4. The molecule has 1 aromatic carbocycles. The molecule has 0 atom stereocenters. The zero-order valence-corrected chi connectivity index (χ0v) is 9.92. The molecule has 0 bridgehead atoms. The van der Waals surface area contributed by atoms with Gasteiger partial charge in [0.15, 0.2) is 11.5 Å².